The molecule has 0 aliphatic carbocycles. The number of carbonyl (C=O) groups excluding carboxylic acids is 3. The maximum Gasteiger partial charge on any atom is 0.308 e. The van der Waals surface area contributed by atoms with Crippen LogP contribution < -0.4 is 9.47 Å². The van der Waals surface area contributed by atoms with Crippen molar-refractivity contribution < 1.29 is 23.9 Å². The zero-order valence-corrected chi connectivity index (χ0v) is 17.2. The van der Waals surface area contributed by atoms with Crippen molar-refractivity contribution in [3.05, 3.63) is 64.1 Å². The second-order valence-electron chi connectivity index (χ2n) is 6.49. The molecule has 6 nitrogen and oxygen atoms in total. The van der Waals surface area contributed by atoms with Gasteiger partial charge in [-0.25, -0.2) is 0 Å². The molecule has 0 aromatic heterocycles. The van der Waals surface area contributed by atoms with Crippen molar-refractivity contribution in [1.29, 1.82) is 0 Å². The summed E-state index contributed by atoms with van der Waals surface area (Å²) in [6.07, 6.45) is 1.64. The van der Waals surface area contributed by atoms with Crippen molar-refractivity contribution in [2.24, 2.45) is 0 Å². The predicted octanol–water partition coefficient (Wildman–Crippen LogP) is 4.56. The number of carbonyl (C=O) groups is 3. The van der Waals surface area contributed by atoms with Gasteiger partial charge in [-0.2, -0.15) is 0 Å². The summed E-state index contributed by atoms with van der Waals surface area (Å²) in [5.74, 6) is -0.0714. The van der Waals surface area contributed by atoms with Crippen LogP contribution in [0, 0.1) is 6.92 Å². The van der Waals surface area contributed by atoms with E-state index in [0.29, 0.717) is 28.6 Å². The van der Waals surface area contributed by atoms with E-state index in [1.807, 2.05) is 38.1 Å². The van der Waals surface area contributed by atoms with Crippen molar-refractivity contribution in [3.8, 4) is 11.5 Å². The van der Waals surface area contributed by atoms with E-state index < -0.39 is 5.97 Å². The van der Waals surface area contributed by atoms with E-state index in [1.165, 1.54) is 11.8 Å². The van der Waals surface area contributed by atoms with Gasteiger partial charge in [0.2, 0.25) is 0 Å². The summed E-state index contributed by atoms with van der Waals surface area (Å²) in [6.45, 7) is 5.74. The molecule has 29 heavy (non-hydrogen) atoms. The summed E-state index contributed by atoms with van der Waals surface area (Å²) in [5, 5.41) is -0.302. The predicted molar refractivity (Wildman–Crippen MR) is 112 cm³/mol. The van der Waals surface area contributed by atoms with E-state index in [2.05, 4.69) is 0 Å². The molecular formula is C22H21NO5S. The standard InChI is InChI=1S/C22H21NO5S/c1-4-27-19-11-17(9-10-18(19)28-15(3)24)12-20-21(25)23(22(26)29-20)13-16-7-5-14(2)6-8-16/h5-12H,4,13H2,1-3H3/b20-12+. The van der Waals surface area contributed by atoms with E-state index in [-0.39, 0.29) is 17.7 Å². The molecule has 1 heterocycles. The number of amides is 2. The number of hydrogen-bond donors (Lipinski definition) is 0. The third kappa shape index (κ3) is 5.06. The first kappa shape index (κ1) is 20.7. The minimum Gasteiger partial charge on any atom is -0.490 e. The van der Waals surface area contributed by atoms with Gasteiger partial charge in [0.15, 0.2) is 11.5 Å². The topological polar surface area (TPSA) is 72.9 Å². The van der Waals surface area contributed by atoms with E-state index in [9.17, 15) is 14.4 Å². The van der Waals surface area contributed by atoms with Gasteiger partial charge in [0.05, 0.1) is 18.1 Å². The van der Waals surface area contributed by atoms with Crippen molar-refractivity contribution >= 4 is 35.0 Å². The fourth-order valence-corrected chi connectivity index (χ4v) is 3.62. The number of nitrogens with zero attached hydrogens (tertiary/aromatic N) is 1. The number of esters is 1. The van der Waals surface area contributed by atoms with Gasteiger partial charge in [0, 0.05) is 6.92 Å². The normalized spacial score (nSPS) is 15.1. The molecule has 3 rings (SSSR count). The van der Waals surface area contributed by atoms with Gasteiger partial charge in [-0.15, -0.1) is 0 Å². The molecule has 1 fully saturated rings. The first-order valence-electron chi connectivity index (χ1n) is 9.13. The van der Waals surface area contributed by atoms with Crippen molar-refractivity contribution in [1.82, 2.24) is 4.90 Å². The monoisotopic (exact) mass is 411 g/mol. The third-order valence-corrected chi connectivity index (χ3v) is 5.06. The van der Waals surface area contributed by atoms with Crippen LogP contribution >= 0.6 is 11.8 Å². The van der Waals surface area contributed by atoms with Gasteiger partial charge in [-0.1, -0.05) is 35.9 Å². The molecule has 1 saturated heterocycles. The average molecular weight is 411 g/mol. The Kier molecular flexibility index (Phi) is 6.39. The highest BCUT2D eigenvalue weighted by atomic mass is 32.2. The minimum atomic E-state index is -0.448. The highest BCUT2D eigenvalue weighted by molar-refractivity contribution is 8.18. The highest BCUT2D eigenvalue weighted by Gasteiger charge is 2.35. The Balaban J connectivity index is 1.82. The van der Waals surface area contributed by atoms with Crippen LogP contribution in [0.1, 0.15) is 30.5 Å². The first-order chi connectivity index (χ1) is 13.9. The van der Waals surface area contributed by atoms with E-state index in [1.54, 1.807) is 24.3 Å². The smallest absolute Gasteiger partial charge is 0.308 e. The summed E-state index contributed by atoms with van der Waals surface area (Å²) in [5.41, 5.74) is 2.68. The van der Waals surface area contributed by atoms with E-state index >= 15 is 0 Å². The van der Waals surface area contributed by atoms with E-state index in [0.717, 1.165) is 22.9 Å². The fourth-order valence-electron chi connectivity index (χ4n) is 2.79. The van der Waals surface area contributed by atoms with Crippen molar-refractivity contribution in [2.75, 3.05) is 6.61 Å². The SMILES string of the molecule is CCOc1cc(/C=C2/SC(=O)N(Cc3ccc(C)cc3)C2=O)ccc1OC(C)=O. The Hall–Kier alpha value is -3.06. The van der Waals surface area contributed by atoms with Gasteiger partial charge in [0.25, 0.3) is 11.1 Å². The number of ether oxygens (including phenoxy) is 2. The molecule has 2 aromatic rings. The number of thioether (sulfide) groups is 1. The van der Waals surface area contributed by atoms with E-state index in [4.69, 9.17) is 9.47 Å². The maximum atomic E-state index is 12.7. The Bertz CT molecular complexity index is 981. The molecular weight excluding hydrogens is 390 g/mol. The average Bonchev–Trinajstić information content (AvgIpc) is 2.93. The summed E-state index contributed by atoms with van der Waals surface area (Å²) < 4.78 is 10.7. The molecule has 1 aliphatic rings. The fraction of sp³-hybridized carbons (Fsp3) is 0.227. The lowest BCUT2D eigenvalue weighted by molar-refractivity contribution is -0.132. The molecule has 7 heteroatoms. The van der Waals surface area contributed by atoms with Gasteiger partial charge in [-0.05, 0) is 54.9 Å². The van der Waals surface area contributed by atoms with Crippen LogP contribution in [-0.4, -0.2) is 28.6 Å². The lowest BCUT2D eigenvalue weighted by Crippen LogP contribution is -2.27. The molecule has 0 atom stereocenters. The molecule has 1 aliphatic heterocycles. The number of aryl methyl sites for hydroxylation is 1. The molecule has 2 aromatic carbocycles. The second kappa shape index (κ2) is 8.96. The molecule has 0 unspecified atom stereocenters. The molecule has 0 spiro atoms. The number of hydrogen-bond acceptors (Lipinski definition) is 6. The highest BCUT2D eigenvalue weighted by Crippen LogP contribution is 2.35. The third-order valence-electron chi connectivity index (χ3n) is 4.15. The molecule has 0 saturated carbocycles. The summed E-state index contributed by atoms with van der Waals surface area (Å²) in [6, 6.07) is 12.7. The van der Waals surface area contributed by atoms with Crippen LogP contribution in [0.2, 0.25) is 0 Å². The van der Waals surface area contributed by atoms with Gasteiger partial charge in [-0.3, -0.25) is 19.3 Å². The largest absolute Gasteiger partial charge is 0.490 e. The molecule has 0 bridgehead atoms. The van der Waals surface area contributed by atoms with Gasteiger partial charge >= 0.3 is 5.97 Å². The molecule has 0 radical (unpaired) electrons. The Labute approximate surface area is 173 Å². The summed E-state index contributed by atoms with van der Waals surface area (Å²) in [4.78, 5) is 37.9. The van der Waals surface area contributed by atoms with Crippen LogP contribution in [0.3, 0.4) is 0 Å². The Morgan fingerprint density at radius 2 is 1.83 bits per heavy atom. The zero-order valence-electron chi connectivity index (χ0n) is 16.4. The number of benzene rings is 2. The number of imide groups is 1. The summed E-state index contributed by atoms with van der Waals surface area (Å²) in [7, 11) is 0. The molecule has 2 amide bonds. The van der Waals surface area contributed by atoms with Crippen molar-refractivity contribution in [3.63, 3.8) is 0 Å². The minimum absolute atomic E-state index is 0.234. The van der Waals surface area contributed by atoms with Gasteiger partial charge < -0.3 is 9.47 Å². The quantitative estimate of drug-likeness (QED) is 0.394. The maximum absolute atomic E-state index is 12.7. The van der Waals surface area contributed by atoms with Crippen LogP contribution in [-0.2, 0) is 16.1 Å². The molecule has 0 N–H and O–H groups in total. The Morgan fingerprint density at radius 3 is 2.48 bits per heavy atom. The van der Waals surface area contributed by atoms with Crippen LogP contribution in [0.4, 0.5) is 4.79 Å². The van der Waals surface area contributed by atoms with Crippen LogP contribution in [0.15, 0.2) is 47.4 Å². The summed E-state index contributed by atoms with van der Waals surface area (Å²) >= 11 is 0.905. The number of rotatable bonds is 6. The Morgan fingerprint density at radius 1 is 1.10 bits per heavy atom. The molecule has 150 valence electrons. The lowest BCUT2D eigenvalue weighted by Gasteiger charge is -2.12. The first-order valence-corrected chi connectivity index (χ1v) is 9.95. The second-order valence-corrected chi connectivity index (χ2v) is 7.48. The van der Waals surface area contributed by atoms with Gasteiger partial charge in [0.1, 0.15) is 0 Å². The van der Waals surface area contributed by atoms with Crippen LogP contribution in [0.5, 0.6) is 11.5 Å². The van der Waals surface area contributed by atoms with Crippen molar-refractivity contribution in [2.45, 2.75) is 27.3 Å². The van der Waals surface area contributed by atoms with Crippen LogP contribution in [0.25, 0.3) is 6.08 Å². The zero-order chi connectivity index (χ0) is 21.0. The lowest BCUT2D eigenvalue weighted by atomic mass is 10.1.